The maximum atomic E-state index is 12.2. The average Bonchev–Trinajstić information content (AvgIpc) is 3.39. The lowest BCUT2D eigenvalue weighted by Gasteiger charge is -2.48. The highest BCUT2D eigenvalue weighted by atomic mass is 16.2. The molecule has 2 aliphatic heterocycles. The van der Waals surface area contributed by atoms with E-state index < -0.39 is 0 Å². The van der Waals surface area contributed by atoms with Crippen molar-refractivity contribution in [3.63, 3.8) is 0 Å². The molecule has 0 unspecified atom stereocenters. The van der Waals surface area contributed by atoms with E-state index in [2.05, 4.69) is 20.9 Å². The highest BCUT2D eigenvalue weighted by Gasteiger charge is 2.45. The van der Waals surface area contributed by atoms with Crippen LogP contribution in [0.25, 0.3) is 0 Å². The SMILES string of the molecule is N#Cc1ccc(N2CC[C@@H]3[C@@H](CCC(=O)N3C3CC3)C2)cn1. The van der Waals surface area contributed by atoms with Gasteiger partial charge in [-0.3, -0.25) is 4.79 Å². The van der Waals surface area contributed by atoms with Crippen molar-refractivity contribution in [1.82, 2.24) is 9.88 Å². The summed E-state index contributed by atoms with van der Waals surface area (Å²) in [7, 11) is 0. The quantitative estimate of drug-likeness (QED) is 0.836. The minimum atomic E-state index is 0.372. The second-order valence-electron chi connectivity index (χ2n) is 6.65. The van der Waals surface area contributed by atoms with Gasteiger partial charge in [-0.2, -0.15) is 5.26 Å². The fourth-order valence-electron chi connectivity index (χ4n) is 3.99. The number of nitriles is 1. The number of amides is 1. The molecule has 0 N–H and O–H groups in total. The number of rotatable bonds is 2. The Kier molecular flexibility index (Phi) is 3.25. The molecular weight excluding hydrogens is 276 g/mol. The lowest BCUT2D eigenvalue weighted by molar-refractivity contribution is -0.140. The smallest absolute Gasteiger partial charge is 0.223 e. The zero-order valence-electron chi connectivity index (χ0n) is 12.6. The van der Waals surface area contributed by atoms with Gasteiger partial charge in [0.05, 0.1) is 11.9 Å². The average molecular weight is 296 g/mol. The molecule has 114 valence electrons. The van der Waals surface area contributed by atoms with Gasteiger partial charge < -0.3 is 9.80 Å². The van der Waals surface area contributed by atoms with Crippen LogP contribution in [0.5, 0.6) is 0 Å². The van der Waals surface area contributed by atoms with Crippen LogP contribution < -0.4 is 4.90 Å². The Balaban J connectivity index is 1.49. The second-order valence-corrected chi connectivity index (χ2v) is 6.65. The summed E-state index contributed by atoms with van der Waals surface area (Å²) in [6.45, 7) is 1.96. The molecule has 0 radical (unpaired) electrons. The Morgan fingerprint density at radius 1 is 1.23 bits per heavy atom. The van der Waals surface area contributed by atoms with Gasteiger partial charge in [0.1, 0.15) is 11.8 Å². The van der Waals surface area contributed by atoms with Gasteiger partial charge in [-0.15, -0.1) is 0 Å². The molecule has 0 bridgehead atoms. The molecule has 3 aliphatic rings. The zero-order chi connectivity index (χ0) is 15.1. The van der Waals surface area contributed by atoms with Gasteiger partial charge in [-0.1, -0.05) is 0 Å². The maximum absolute atomic E-state index is 12.2. The van der Waals surface area contributed by atoms with Crippen LogP contribution in [0.4, 0.5) is 5.69 Å². The van der Waals surface area contributed by atoms with Crippen molar-refractivity contribution in [2.75, 3.05) is 18.0 Å². The first-order valence-electron chi connectivity index (χ1n) is 8.18. The van der Waals surface area contributed by atoms with Crippen LogP contribution in [0.3, 0.4) is 0 Å². The minimum Gasteiger partial charge on any atom is -0.370 e. The third-order valence-electron chi connectivity index (χ3n) is 5.24. The normalized spacial score (nSPS) is 28.2. The number of nitrogens with zero attached hydrogens (tertiary/aromatic N) is 4. The van der Waals surface area contributed by atoms with E-state index in [1.807, 2.05) is 6.07 Å². The molecule has 5 heteroatoms. The number of piperidine rings is 2. The summed E-state index contributed by atoms with van der Waals surface area (Å²) in [6.07, 6.45) is 6.94. The van der Waals surface area contributed by atoms with Crippen molar-refractivity contribution in [3.05, 3.63) is 24.0 Å². The van der Waals surface area contributed by atoms with E-state index in [4.69, 9.17) is 5.26 Å². The monoisotopic (exact) mass is 296 g/mol. The molecule has 5 nitrogen and oxygen atoms in total. The summed E-state index contributed by atoms with van der Waals surface area (Å²) in [5.41, 5.74) is 1.55. The lowest BCUT2D eigenvalue weighted by atomic mass is 9.83. The summed E-state index contributed by atoms with van der Waals surface area (Å²) < 4.78 is 0. The first kappa shape index (κ1) is 13.6. The lowest BCUT2D eigenvalue weighted by Crippen LogP contribution is -2.56. The summed E-state index contributed by atoms with van der Waals surface area (Å²) in [5, 5.41) is 8.84. The van der Waals surface area contributed by atoms with Crippen molar-refractivity contribution < 1.29 is 4.79 Å². The summed E-state index contributed by atoms with van der Waals surface area (Å²) in [4.78, 5) is 21.0. The Morgan fingerprint density at radius 3 is 2.77 bits per heavy atom. The number of carbonyl (C=O) groups excluding carboxylic acids is 1. The molecule has 0 aromatic carbocycles. The van der Waals surface area contributed by atoms with Crippen LogP contribution >= 0.6 is 0 Å². The number of hydrogen-bond acceptors (Lipinski definition) is 4. The van der Waals surface area contributed by atoms with Gasteiger partial charge in [-0.05, 0) is 43.7 Å². The van der Waals surface area contributed by atoms with Crippen LogP contribution in [0, 0.1) is 17.2 Å². The number of carbonyl (C=O) groups is 1. The van der Waals surface area contributed by atoms with Gasteiger partial charge >= 0.3 is 0 Å². The molecule has 1 aliphatic carbocycles. The van der Waals surface area contributed by atoms with Crippen LogP contribution in [0.15, 0.2) is 18.3 Å². The van der Waals surface area contributed by atoms with Gasteiger partial charge in [-0.25, -0.2) is 4.98 Å². The Bertz CT molecular complexity index is 617. The van der Waals surface area contributed by atoms with Crippen LogP contribution in [-0.2, 0) is 4.79 Å². The Labute approximate surface area is 130 Å². The summed E-state index contributed by atoms with van der Waals surface area (Å²) in [6, 6.07) is 6.80. The first-order valence-corrected chi connectivity index (χ1v) is 8.18. The third kappa shape index (κ3) is 2.33. The molecule has 1 saturated carbocycles. The van der Waals surface area contributed by atoms with Crippen molar-refractivity contribution >= 4 is 11.6 Å². The van der Waals surface area contributed by atoms with Crippen molar-refractivity contribution in [1.29, 1.82) is 5.26 Å². The van der Waals surface area contributed by atoms with E-state index >= 15 is 0 Å². The van der Waals surface area contributed by atoms with Gasteiger partial charge in [0.25, 0.3) is 0 Å². The Morgan fingerprint density at radius 2 is 2.09 bits per heavy atom. The summed E-state index contributed by atoms with van der Waals surface area (Å²) >= 11 is 0. The fourth-order valence-corrected chi connectivity index (χ4v) is 3.99. The van der Waals surface area contributed by atoms with E-state index in [0.29, 0.717) is 36.0 Å². The first-order chi connectivity index (χ1) is 10.8. The predicted molar refractivity (Wildman–Crippen MR) is 82.2 cm³/mol. The molecule has 2 saturated heterocycles. The van der Waals surface area contributed by atoms with Crippen molar-refractivity contribution in [2.24, 2.45) is 5.92 Å². The van der Waals surface area contributed by atoms with Gasteiger partial charge in [0.2, 0.25) is 5.91 Å². The third-order valence-corrected chi connectivity index (χ3v) is 5.24. The highest BCUT2D eigenvalue weighted by Crippen LogP contribution is 2.39. The Hall–Kier alpha value is -2.09. The predicted octanol–water partition coefficient (Wildman–Crippen LogP) is 1.93. The second kappa shape index (κ2) is 5.28. The van der Waals surface area contributed by atoms with Gasteiger partial charge in [0.15, 0.2) is 0 Å². The number of pyridine rings is 1. The molecule has 2 atom stereocenters. The van der Waals surface area contributed by atoms with Crippen molar-refractivity contribution in [3.8, 4) is 6.07 Å². The van der Waals surface area contributed by atoms with E-state index in [-0.39, 0.29) is 0 Å². The molecule has 0 spiro atoms. The largest absolute Gasteiger partial charge is 0.370 e. The zero-order valence-corrected chi connectivity index (χ0v) is 12.6. The number of anilines is 1. The van der Waals surface area contributed by atoms with Crippen molar-refractivity contribution in [2.45, 2.75) is 44.2 Å². The molecule has 3 heterocycles. The van der Waals surface area contributed by atoms with E-state index in [9.17, 15) is 4.79 Å². The molecule has 1 amide bonds. The molecule has 22 heavy (non-hydrogen) atoms. The number of hydrogen-bond donors (Lipinski definition) is 0. The van der Waals surface area contributed by atoms with E-state index in [0.717, 1.165) is 31.6 Å². The van der Waals surface area contributed by atoms with Crippen LogP contribution in [-0.4, -0.2) is 41.0 Å². The minimum absolute atomic E-state index is 0.372. The number of aromatic nitrogens is 1. The fraction of sp³-hybridized carbons (Fsp3) is 0.588. The highest BCUT2D eigenvalue weighted by molar-refractivity contribution is 5.78. The summed E-state index contributed by atoms with van der Waals surface area (Å²) in [5.74, 6) is 0.944. The standard InChI is InChI=1S/C17H20N4O/c18-9-13-2-3-15(10-19-13)20-8-7-16-12(11-20)1-6-17(22)21(16)14-4-5-14/h2-3,10,12,14,16H,1,4-8,11H2/t12-,16+/m0/s1. The van der Waals surface area contributed by atoms with E-state index in [1.165, 1.54) is 12.8 Å². The molecule has 4 rings (SSSR count). The molecule has 1 aromatic rings. The van der Waals surface area contributed by atoms with Gasteiger partial charge in [0, 0.05) is 31.6 Å². The topological polar surface area (TPSA) is 60.2 Å². The number of fused-ring (bicyclic) bond motifs is 1. The molecule has 3 fully saturated rings. The molecular formula is C17H20N4O. The maximum Gasteiger partial charge on any atom is 0.223 e. The van der Waals surface area contributed by atoms with Crippen LogP contribution in [0.1, 0.15) is 37.8 Å². The van der Waals surface area contributed by atoms with Crippen LogP contribution in [0.2, 0.25) is 0 Å². The molecule has 1 aromatic heterocycles. The van der Waals surface area contributed by atoms with E-state index in [1.54, 1.807) is 12.3 Å². The number of likely N-dealkylation sites (tertiary alicyclic amines) is 1.